The summed E-state index contributed by atoms with van der Waals surface area (Å²) in [4.78, 5) is 0. The Morgan fingerprint density at radius 2 is 2.17 bits per heavy atom. The molecular formula is C14H18N4. The highest BCUT2D eigenvalue weighted by Gasteiger charge is 2.23. The Labute approximate surface area is 107 Å². The minimum atomic E-state index is 0.276. The van der Waals surface area contributed by atoms with Gasteiger partial charge in [0, 0.05) is 0 Å². The van der Waals surface area contributed by atoms with Crippen molar-refractivity contribution in [3.63, 3.8) is 0 Å². The van der Waals surface area contributed by atoms with Crippen LogP contribution in [0.1, 0.15) is 43.2 Å². The fourth-order valence-corrected chi connectivity index (χ4v) is 2.60. The van der Waals surface area contributed by atoms with Crippen LogP contribution in [0.2, 0.25) is 0 Å². The molecule has 94 valence electrons. The van der Waals surface area contributed by atoms with E-state index in [4.69, 9.17) is 0 Å². The van der Waals surface area contributed by atoms with Crippen LogP contribution >= 0.6 is 0 Å². The summed E-state index contributed by atoms with van der Waals surface area (Å²) in [6.45, 7) is 3.27. The molecule has 1 aliphatic rings. The molecule has 1 fully saturated rings. The third-order valence-corrected chi connectivity index (χ3v) is 3.67. The summed E-state index contributed by atoms with van der Waals surface area (Å²) in [5.74, 6) is 1.06. The van der Waals surface area contributed by atoms with Gasteiger partial charge in [-0.3, -0.25) is 0 Å². The number of rotatable bonds is 3. The smallest absolute Gasteiger partial charge is 0.150 e. The average Bonchev–Trinajstić information content (AvgIpc) is 3.09. The lowest BCUT2D eigenvalue weighted by Gasteiger charge is -2.18. The first-order chi connectivity index (χ1) is 8.86. The maximum Gasteiger partial charge on any atom is 0.150 e. The van der Waals surface area contributed by atoms with Crippen LogP contribution in [0.3, 0.4) is 0 Å². The topological polar surface area (TPSA) is 42.7 Å². The van der Waals surface area contributed by atoms with Gasteiger partial charge in [-0.1, -0.05) is 30.3 Å². The molecule has 4 nitrogen and oxygen atoms in total. The lowest BCUT2D eigenvalue weighted by molar-refractivity contribution is 0.524. The molecule has 0 spiro atoms. The van der Waals surface area contributed by atoms with Gasteiger partial charge in [-0.2, -0.15) is 0 Å². The second-order valence-corrected chi connectivity index (χ2v) is 4.83. The van der Waals surface area contributed by atoms with Crippen LogP contribution in [0.15, 0.2) is 36.7 Å². The van der Waals surface area contributed by atoms with Gasteiger partial charge in [-0.25, -0.2) is 0 Å². The standard InChI is InChI=1S/C14H18N4/c1-11(12-6-3-2-4-7-12)18-10-16-17-14(18)13-8-5-9-15-13/h2-4,6-7,10-11,13,15H,5,8-9H2,1H3. The summed E-state index contributed by atoms with van der Waals surface area (Å²) in [5.41, 5.74) is 1.29. The Bertz CT molecular complexity index is 500. The number of benzene rings is 1. The number of hydrogen-bond acceptors (Lipinski definition) is 3. The van der Waals surface area contributed by atoms with Crippen molar-refractivity contribution >= 4 is 0 Å². The maximum atomic E-state index is 4.30. The SMILES string of the molecule is CC(c1ccccc1)n1cnnc1C1CCCN1. The summed E-state index contributed by atoms with van der Waals surface area (Å²) in [6.07, 6.45) is 4.21. The van der Waals surface area contributed by atoms with Gasteiger partial charge in [0.2, 0.25) is 0 Å². The molecular weight excluding hydrogens is 224 g/mol. The summed E-state index contributed by atoms with van der Waals surface area (Å²) in [7, 11) is 0. The minimum Gasteiger partial charge on any atom is -0.309 e. The number of nitrogens with zero attached hydrogens (tertiary/aromatic N) is 3. The Hall–Kier alpha value is -1.68. The van der Waals surface area contributed by atoms with Crippen molar-refractivity contribution in [2.24, 2.45) is 0 Å². The van der Waals surface area contributed by atoms with Crippen LogP contribution in [0.25, 0.3) is 0 Å². The first-order valence-electron chi connectivity index (χ1n) is 6.54. The van der Waals surface area contributed by atoms with E-state index < -0.39 is 0 Å². The van der Waals surface area contributed by atoms with E-state index in [0.29, 0.717) is 6.04 Å². The van der Waals surface area contributed by atoms with Crippen LogP contribution in [0.4, 0.5) is 0 Å². The van der Waals surface area contributed by atoms with E-state index in [0.717, 1.165) is 18.8 Å². The van der Waals surface area contributed by atoms with E-state index in [-0.39, 0.29) is 6.04 Å². The molecule has 1 aliphatic heterocycles. The van der Waals surface area contributed by atoms with Crippen molar-refractivity contribution in [2.75, 3.05) is 6.54 Å². The molecule has 0 radical (unpaired) electrons. The molecule has 3 rings (SSSR count). The Morgan fingerprint density at radius 3 is 2.89 bits per heavy atom. The average molecular weight is 242 g/mol. The van der Waals surface area contributed by atoms with Gasteiger partial charge in [0.1, 0.15) is 6.33 Å². The predicted molar refractivity (Wildman–Crippen MR) is 70.3 cm³/mol. The first-order valence-corrected chi connectivity index (χ1v) is 6.54. The molecule has 0 aliphatic carbocycles. The van der Waals surface area contributed by atoms with Crippen LogP contribution in [-0.2, 0) is 0 Å². The molecule has 4 heteroatoms. The van der Waals surface area contributed by atoms with Crippen molar-refractivity contribution < 1.29 is 0 Å². The molecule has 2 atom stereocenters. The fourth-order valence-electron chi connectivity index (χ4n) is 2.60. The van der Waals surface area contributed by atoms with Crippen LogP contribution < -0.4 is 5.32 Å². The van der Waals surface area contributed by atoms with Gasteiger partial charge in [0.05, 0.1) is 12.1 Å². The highest BCUT2D eigenvalue weighted by Crippen LogP contribution is 2.25. The van der Waals surface area contributed by atoms with E-state index in [1.165, 1.54) is 12.0 Å². The molecule has 18 heavy (non-hydrogen) atoms. The summed E-state index contributed by atoms with van der Waals surface area (Å²) in [6, 6.07) is 11.1. The minimum absolute atomic E-state index is 0.276. The van der Waals surface area contributed by atoms with E-state index in [9.17, 15) is 0 Å². The van der Waals surface area contributed by atoms with Crippen molar-refractivity contribution in [3.8, 4) is 0 Å². The van der Waals surface area contributed by atoms with Gasteiger partial charge < -0.3 is 9.88 Å². The van der Waals surface area contributed by atoms with Gasteiger partial charge >= 0.3 is 0 Å². The zero-order valence-electron chi connectivity index (χ0n) is 10.6. The largest absolute Gasteiger partial charge is 0.309 e. The van der Waals surface area contributed by atoms with Gasteiger partial charge in [0.15, 0.2) is 5.82 Å². The second-order valence-electron chi connectivity index (χ2n) is 4.83. The molecule has 0 amide bonds. The molecule has 2 heterocycles. The third-order valence-electron chi connectivity index (χ3n) is 3.67. The van der Waals surface area contributed by atoms with Crippen molar-refractivity contribution in [1.29, 1.82) is 0 Å². The predicted octanol–water partition coefficient (Wildman–Crippen LogP) is 2.31. The normalized spacial score (nSPS) is 21.1. The maximum absolute atomic E-state index is 4.30. The Balaban J connectivity index is 1.90. The second kappa shape index (κ2) is 4.90. The van der Waals surface area contributed by atoms with Crippen LogP contribution in [0.5, 0.6) is 0 Å². The van der Waals surface area contributed by atoms with Crippen molar-refractivity contribution in [1.82, 2.24) is 20.1 Å². The molecule has 1 aromatic carbocycles. The monoisotopic (exact) mass is 242 g/mol. The number of aromatic nitrogens is 3. The fraction of sp³-hybridized carbons (Fsp3) is 0.429. The lowest BCUT2D eigenvalue weighted by Crippen LogP contribution is -2.20. The molecule has 0 saturated carbocycles. The van der Waals surface area contributed by atoms with E-state index in [1.54, 1.807) is 0 Å². The highest BCUT2D eigenvalue weighted by molar-refractivity contribution is 5.20. The highest BCUT2D eigenvalue weighted by atomic mass is 15.3. The first kappa shape index (κ1) is 11.4. The summed E-state index contributed by atoms with van der Waals surface area (Å²) in [5, 5.41) is 11.9. The van der Waals surface area contributed by atoms with Crippen LogP contribution in [0, 0.1) is 0 Å². The Kier molecular flexibility index (Phi) is 3.11. The zero-order valence-corrected chi connectivity index (χ0v) is 10.6. The van der Waals surface area contributed by atoms with E-state index in [1.807, 2.05) is 12.4 Å². The molecule has 1 saturated heterocycles. The molecule has 2 unspecified atom stereocenters. The Morgan fingerprint density at radius 1 is 1.33 bits per heavy atom. The lowest BCUT2D eigenvalue weighted by atomic mass is 10.1. The quantitative estimate of drug-likeness (QED) is 0.898. The third kappa shape index (κ3) is 2.04. The van der Waals surface area contributed by atoms with E-state index >= 15 is 0 Å². The van der Waals surface area contributed by atoms with Gasteiger partial charge in [-0.15, -0.1) is 10.2 Å². The van der Waals surface area contributed by atoms with Gasteiger partial charge in [-0.05, 0) is 31.9 Å². The van der Waals surface area contributed by atoms with E-state index in [2.05, 4.69) is 51.3 Å². The molecule has 1 N–H and O–H groups in total. The molecule has 1 aromatic heterocycles. The molecule has 0 bridgehead atoms. The van der Waals surface area contributed by atoms with Crippen molar-refractivity contribution in [2.45, 2.75) is 31.8 Å². The zero-order chi connectivity index (χ0) is 12.4. The summed E-state index contributed by atoms with van der Waals surface area (Å²) >= 11 is 0. The number of hydrogen-bond donors (Lipinski definition) is 1. The van der Waals surface area contributed by atoms with Crippen LogP contribution in [-0.4, -0.2) is 21.3 Å². The molecule has 2 aromatic rings. The van der Waals surface area contributed by atoms with Gasteiger partial charge in [0.25, 0.3) is 0 Å². The van der Waals surface area contributed by atoms with Crippen molar-refractivity contribution in [3.05, 3.63) is 48.0 Å². The number of nitrogens with one attached hydrogen (secondary N) is 1. The summed E-state index contributed by atoms with van der Waals surface area (Å²) < 4.78 is 2.18.